The van der Waals surface area contributed by atoms with Crippen LogP contribution in [-0.4, -0.2) is 20.9 Å². The molecule has 31 heavy (non-hydrogen) atoms. The zero-order valence-electron chi connectivity index (χ0n) is 15.8. The number of hydrogen-bond donors (Lipinski definition) is 2. The number of rotatable bonds is 4. The van der Waals surface area contributed by atoms with Gasteiger partial charge in [-0.05, 0) is 47.7 Å². The fourth-order valence-electron chi connectivity index (χ4n) is 3.04. The SMILES string of the molecule is Oc1nc(Nc2c(Cl)cccc2Cl)sc1C=c1ccc2c(c1)N=C(c1ccncc1)N=2. The Morgan fingerprint density at radius 2 is 1.74 bits per heavy atom. The predicted molar refractivity (Wildman–Crippen MR) is 125 cm³/mol. The van der Waals surface area contributed by atoms with Crippen LogP contribution in [-0.2, 0) is 0 Å². The highest BCUT2D eigenvalue weighted by Gasteiger charge is 2.13. The lowest BCUT2D eigenvalue weighted by atomic mass is 10.2. The van der Waals surface area contributed by atoms with Crippen LogP contribution in [0.15, 0.2) is 70.9 Å². The first-order valence-corrected chi connectivity index (χ1v) is 10.7. The van der Waals surface area contributed by atoms with Gasteiger partial charge in [-0.2, -0.15) is 4.98 Å². The lowest BCUT2D eigenvalue weighted by molar-refractivity contribution is 0.457. The average Bonchev–Trinajstić information content (AvgIpc) is 3.34. The molecule has 1 aliphatic heterocycles. The molecular formula is C22H13Cl2N5OS. The average molecular weight is 466 g/mol. The summed E-state index contributed by atoms with van der Waals surface area (Å²) in [6, 6.07) is 14.7. The van der Waals surface area contributed by atoms with E-state index in [1.165, 1.54) is 11.3 Å². The van der Waals surface area contributed by atoms with Gasteiger partial charge >= 0.3 is 0 Å². The van der Waals surface area contributed by atoms with E-state index in [4.69, 9.17) is 23.2 Å². The molecule has 3 heterocycles. The molecule has 0 saturated carbocycles. The van der Waals surface area contributed by atoms with Gasteiger partial charge in [0.1, 0.15) is 0 Å². The summed E-state index contributed by atoms with van der Waals surface area (Å²) in [5.74, 6) is 0.570. The number of para-hydroxylation sites is 1. The minimum Gasteiger partial charge on any atom is -0.492 e. The molecule has 4 aromatic rings. The summed E-state index contributed by atoms with van der Waals surface area (Å²) in [7, 11) is 0. The Morgan fingerprint density at radius 3 is 2.52 bits per heavy atom. The first kappa shape index (κ1) is 19.7. The monoisotopic (exact) mass is 465 g/mol. The van der Waals surface area contributed by atoms with Gasteiger partial charge in [-0.3, -0.25) is 4.98 Å². The summed E-state index contributed by atoms with van der Waals surface area (Å²) in [4.78, 5) is 18.0. The van der Waals surface area contributed by atoms with Gasteiger partial charge in [-0.25, -0.2) is 9.98 Å². The third-order valence-corrected chi connectivity index (χ3v) is 6.05. The summed E-state index contributed by atoms with van der Waals surface area (Å²) >= 11 is 13.7. The highest BCUT2D eigenvalue weighted by atomic mass is 35.5. The molecule has 0 spiro atoms. The molecule has 2 aromatic heterocycles. The van der Waals surface area contributed by atoms with Gasteiger partial charge in [0.25, 0.3) is 0 Å². The molecule has 0 amide bonds. The van der Waals surface area contributed by atoms with E-state index in [2.05, 4.69) is 25.3 Å². The maximum absolute atomic E-state index is 10.3. The molecule has 0 aliphatic carbocycles. The van der Waals surface area contributed by atoms with Crippen molar-refractivity contribution in [1.29, 1.82) is 0 Å². The summed E-state index contributed by atoms with van der Waals surface area (Å²) in [5.41, 5.74) is 2.22. The van der Waals surface area contributed by atoms with Crippen LogP contribution in [0.2, 0.25) is 10.0 Å². The molecule has 0 atom stereocenters. The number of pyridine rings is 1. The molecule has 0 bridgehead atoms. The van der Waals surface area contributed by atoms with Gasteiger partial charge in [-0.15, -0.1) is 0 Å². The Labute approximate surface area is 190 Å². The van der Waals surface area contributed by atoms with E-state index < -0.39 is 0 Å². The largest absolute Gasteiger partial charge is 0.492 e. The molecule has 0 saturated heterocycles. The Morgan fingerprint density at radius 1 is 0.968 bits per heavy atom. The van der Waals surface area contributed by atoms with Crippen molar-refractivity contribution in [2.75, 3.05) is 5.32 Å². The van der Waals surface area contributed by atoms with Gasteiger partial charge in [0.05, 0.1) is 31.7 Å². The number of fused-ring (bicyclic) bond motifs is 1. The second-order valence-electron chi connectivity index (χ2n) is 6.60. The van der Waals surface area contributed by atoms with Crippen molar-refractivity contribution >= 4 is 63.0 Å². The molecule has 9 heteroatoms. The fraction of sp³-hybridized carbons (Fsp3) is 0. The smallest absolute Gasteiger partial charge is 0.231 e. The molecule has 0 radical (unpaired) electrons. The van der Waals surface area contributed by atoms with E-state index in [0.717, 1.165) is 21.8 Å². The maximum Gasteiger partial charge on any atom is 0.231 e. The maximum atomic E-state index is 10.3. The van der Waals surface area contributed by atoms with Crippen LogP contribution in [0.25, 0.3) is 6.08 Å². The van der Waals surface area contributed by atoms with Gasteiger partial charge in [-0.1, -0.05) is 46.7 Å². The van der Waals surface area contributed by atoms with Crippen molar-refractivity contribution in [1.82, 2.24) is 9.97 Å². The summed E-state index contributed by atoms with van der Waals surface area (Å²) < 4.78 is 0. The first-order valence-electron chi connectivity index (χ1n) is 9.17. The van der Waals surface area contributed by atoms with Crippen LogP contribution in [0.5, 0.6) is 5.88 Å². The molecule has 6 nitrogen and oxygen atoms in total. The molecule has 1 aliphatic rings. The number of anilines is 2. The van der Waals surface area contributed by atoms with Crippen molar-refractivity contribution in [2.45, 2.75) is 0 Å². The highest BCUT2D eigenvalue weighted by molar-refractivity contribution is 7.16. The lowest BCUT2D eigenvalue weighted by Crippen LogP contribution is -2.07. The quantitative estimate of drug-likeness (QED) is 0.451. The number of benzene rings is 2. The van der Waals surface area contributed by atoms with Crippen LogP contribution < -0.4 is 15.9 Å². The number of nitrogens with one attached hydrogen (secondary N) is 1. The fourth-order valence-corrected chi connectivity index (χ4v) is 4.36. The molecule has 5 rings (SSSR count). The topological polar surface area (TPSA) is 82.8 Å². The molecular weight excluding hydrogens is 453 g/mol. The number of aromatic hydroxyl groups is 1. The van der Waals surface area contributed by atoms with Gasteiger partial charge in [0.15, 0.2) is 11.0 Å². The second kappa shape index (κ2) is 8.11. The summed E-state index contributed by atoms with van der Waals surface area (Å²) in [5, 5.41) is 16.5. The summed E-state index contributed by atoms with van der Waals surface area (Å²) in [6.07, 6.45) is 5.26. The van der Waals surface area contributed by atoms with Crippen molar-refractivity contribution in [3.8, 4) is 5.88 Å². The zero-order valence-corrected chi connectivity index (χ0v) is 18.1. The van der Waals surface area contributed by atoms with E-state index in [1.54, 1.807) is 30.6 Å². The van der Waals surface area contributed by atoms with Crippen LogP contribution in [0.1, 0.15) is 10.4 Å². The van der Waals surface area contributed by atoms with Gasteiger partial charge < -0.3 is 10.4 Å². The van der Waals surface area contributed by atoms with E-state index in [0.29, 0.717) is 31.6 Å². The highest BCUT2D eigenvalue weighted by Crippen LogP contribution is 2.36. The van der Waals surface area contributed by atoms with Crippen LogP contribution in [0, 0.1) is 0 Å². The number of aliphatic imine (C=N–C) groups is 1. The van der Waals surface area contributed by atoms with Crippen LogP contribution >= 0.6 is 34.5 Å². The van der Waals surface area contributed by atoms with Crippen molar-refractivity contribution < 1.29 is 5.11 Å². The van der Waals surface area contributed by atoms with Gasteiger partial charge in [0.2, 0.25) is 5.88 Å². The molecule has 2 N–H and O–H groups in total. The van der Waals surface area contributed by atoms with E-state index in [1.807, 2.05) is 36.4 Å². The van der Waals surface area contributed by atoms with Gasteiger partial charge in [0, 0.05) is 18.0 Å². The molecule has 0 unspecified atom stereocenters. The molecule has 0 fully saturated rings. The first-order chi connectivity index (χ1) is 15.1. The number of aromatic nitrogens is 2. The number of thiazole rings is 1. The Bertz CT molecular complexity index is 1430. The molecule has 2 aromatic carbocycles. The number of hydrogen-bond acceptors (Lipinski definition) is 7. The van der Waals surface area contributed by atoms with Crippen LogP contribution in [0.3, 0.4) is 0 Å². The normalized spacial score (nSPS) is 13.0. The van der Waals surface area contributed by atoms with E-state index in [9.17, 15) is 5.11 Å². The number of nitrogens with zero attached hydrogens (tertiary/aromatic N) is 4. The lowest BCUT2D eigenvalue weighted by Gasteiger charge is -2.06. The standard InChI is InChI=1S/C22H13Cl2N5OS/c23-14-2-1-3-15(24)19(14)28-22-29-21(30)18(31-22)11-12-4-5-16-17(10-12)27-20(26-16)13-6-8-25-9-7-13/h1-11,30H,(H,28,29). The summed E-state index contributed by atoms with van der Waals surface area (Å²) in [6.45, 7) is 0. The third-order valence-electron chi connectivity index (χ3n) is 4.52. The minimum atomic E-state index is -0.0816. The second-order valence-corrected chi connectivity index (χ2v) is 8.45. The van der Waals surface area contributed by atoms with Crippen molar-refractivity contribution in [3.63, 3.8) is 0 Å². The van der Waals surface area contributed by atoms with E-state index >= 15 is 0 Å². The number of amidine groups is 1. The Kier molecular flexibility index (Phi) is 5.15. The minimum absolute atomic E-state index is 0.0816. The Balaban J connectivity index is 1.46. The van der Waals surface area contributed by atoms with Crippen molar-refractivity contribution in [2.24, 2.45) is 9.98 Å². The van der Waals surface area contributed by atoms with Crippen molar-refractivity contribution in [3.05, 3.63) is 92.0 Å². The Hall–Kier alpha value is -3.26. The van der Waals surface area contributed by atoms with E-state index in [-0.39, 0.29) is 5.88 Å². The van der Waals surface area contributed by atoms with Crippen LogP contribution in [0.4, 0.5) is 16.5 Å². The third kappa shape index (κ3) is 4.03. The molecule has 152 valence electrons. The predicted octanol–water partition coefficient (Wildman–Crippen LogP) is 4.83. The number of halogens is 2. The zero-order chi connectivity index (χ0) is 21.4.